The molecule has 2 atom stereocenters. The summed E-state index contributed by atoms with van der Waals surface area (Å²) in [5, 5.41) is 32.5. The molecule has 4 N–H and O–H groups in total. The molecule has 0 amide bonds. The average Bonchev–Trinajstić information content (AvgIpc) is 2.69. The van der Waals surface area contributed by atoms with Gasteiger partial charge in [-0.25, -0.2) is 8.78 Å². The Morgan fingerprint density at radius 2 is 1.45 bits per heavy atom. The lowest BCUT2D eigenvalue weighted by Gasteiger charge is -2.19. The summed E-state index contributed by atoms with van der Waals surface area (Å²) in [7, 11) is 0. The molecule has 160 valence electrons. The summed E-state index contributed by atoms with van der Waals surface area (Å²) in [6, 6.07) is 7.80. The number of thiol groups is 1. The number of unbranched alkanes of at least 4 members (excludes halogenated alkanes) is 2. The Balaban J connectivity index is 1.57. The first-order valence-corrected chi connectivity index (χ1v) is 10.4. The van der Waals surface area contributed by atoms with E-state index in [-0.39, 0.29) is 22.6 Å². The molecule has 0 bridgehead atoms. The van der Waals surface area contributed by atoms with Crippen LogP contribution in [0.5, 0.6) is 11.5 Å². The molecular formula is C22H29F2NO3S. The van der Waals surface area contributed by atoms with Crippen molar-refractivity contribution in [3.63, 3.8) is 0 Å². The zero-order valence-electron chi connectivity index (χ0n) is 16.3. The second-order valence-electron chi connectivity index (χ2n) is 7.23. The molecule has 29 heavy (non-hydrogen) atoms. The van der Waals surface area contributed by atoms with E-state index in [0.717, 1.165) is 25.8 Å². The Morgan fingerprint density at radius 3 is 2.07 bits per heavy atom. The number of aromatic hydroxyl groups is 2. The maximum absolute atomic E-state index is 13.2. The van der Waals surface area contributed by atoms with E-state index in [2.05, 4.69) is 17.9 Å². The molecule has 7 heteroatoms. The van der Waals surface area contributed by atoms with Crippen LogP contribution >= 0.6 is 12.6 Å². The van der Waals surface area contributed by atoms with Gasteiger partial charge >= 0.3 is 0 Å². The van der Waals surface area contributed by atoms with Gasteiger partial charge in [-0.3, -0.25) is 0 Å². The lowest BCUT2D eigenvalue weighted by Crippen LogP contribution is -2.34. The van der Waals surface area contributed by atoms with Crippen molar-refractivity contribution in [2.75, 3.05) is 13.1 Å². The first-order chi connectivity index (χ1) is 13.9. The van der Waals surface area contributed by atoms with Crippen LogP contribution in [0.2, 0.25) is 0 Å². The van der Waals surface area contributed by atoms with Crippen LogP contribution in [0.1, 0.15) is 36.8 Å². The number of nitrogens with one attached hydrogen (secondary N) is 1. The minimum Gasteiger partial charge on any atom is -0.508 e. The molecule has 2 aromatic carbocycles. The van der Waals surface area contributed by atoms with Crippen molar-refractivity contribution in [2.45, 2.75) is 49.9 Å². The monoisotopic (exact) mass is 425 g/mol. The van der Waals surface area contributed by atoms with Crippen molar-refractivity contribution in [3.8, 4) is 11.5 Å². The number of phenolic OH excluding ortho intramolecular Hbond substituents is 2. The molecule has 0 heterocycles. The predicted octanol–water partition coefficient (Wildman–Crippen LogP) is 3.97. The average molecular weight is 426 g/mol. The molecule has 2 aromatic rings. The van der Waals surface area contributed by atoms with Crippen molar-refractivity contribution in [2.24, 2.45) is 0 Å². The molecule has 0 saturated heterocycles. The number of aliphatic hydroxyl groups is 1. The molecule has 2 rings (SSSR count). The van der Waals surface area contributed by atoms with Gasteiger partial charge in [-0.1, -0.05) is 6.42 Å². The van der Waals surface area contributed by atoms with E-state index in [1.807, 2.05) is 0 Å². The molecule has 0 aromatic heterocycles. The summed E-state index contributed by atoms with van der Waals surface area (Å²) in [5.74, 6) is -0.573. The van der Waals surface area contributed by atoms with Crippen molar-refractivity contribution < 1.29 is 24.1 Å². The molecule has 0 fully saturated rings. The van der Waals surface area contributed by atoms with Crippen LogP contribution in [0.3, 0.4) is 0 Å². The van der Waals surface area contributed by atoms with Crippen LogP contribution in [0.4, 0.5) is 8.78 Å². The number of halogens is 2. The number of hydrogen-bond acceptors (Lipinski definition) is 5. The van der Waals surface area contributed by atoms with Gasteiger partial charge < -0.3 is 20.6 Å². The molecule has 4 nitrogen and oxygen atoms in total. The maximum Gasteiger partial charge on any atom is 0.123 e. The highest BCUT2D eigenvalue weighted by atomic mass is 32.1. The molecule has 1 unspecified atom stereocenters. The number of hydrogen-bond donors (Lipinski definition) is 5. The minimum absolute atomic E-state index is 0.0473. The standard InChI is InChI=1S/C22H29F2NO3S/c23-17-6-8-19(26)15(12-17)4-2-1-3-11-25-14-21(28)22(29)10-5-16-13-18(24)7-9-20(16)27/h6-9,12-13,21-22,25-29H,1-5,10-11,14H2/t21-,22?/m0/s1. The van der Waals surface area contributed by atoms with Crippen molar-refractivity contribution >= 4 is 12.6 Å². The Bertz CT molecular complexity index is 776. The van der Waals surface area contributed by atoms with Gasteiger partial charge in [0.05, 0.1) is 6.10 Å². The molecule has 0 aliphatic carbocycles. The molecule has 0 saturated carbocycles. The quantitative estimate of drug-likeness (QED) is 0.264. The zero-order chi connectivity index (χ0) is 21.2. The van der Waals surface area contributed by atoms with Gasteiger partial charge in [0.15, 0.2) is 0 Å². The molecule has 0 aliphatic heterocycles. The lowest BCUT2D eigenvalue weighted by molar-refractivity contribution is 0.165. The summed E-state index contributed by atoms with van der Waals surface area (Å²) in [4.78, 5) is 0. The van der Waals surface area contributed by atoms with Crippen molar-refractivity contribution in [1.29, 1.82) is 0 Å². The van der Waals surface area contributed by atoms with Crippen LogP contribution in [0.25, 0.3) is 0 Å². The highest BCUT2D eigenvalue weighted by Gasteiger charge is 2.15. The predicted molar refractivity (Wildman–Crippen MR) is 114 cm³/mol. The van der Waals surface area contributed by atoms with Gasteiger partial charge in [0, 0.05) is 11.8 Å². The summed E-state index contributed by atoms with van der Waals surface area (Å²) < 4.78 is 26.4. The van der Waals surface area contributed by atoms with Gasteiger partial charge in [0.2, 0.25) is 0 Å². The number of phenols is 2. The maximum atomic E-state index is 13.2. The molecule has 0 spiro atoms. The summed E-state index contributed by atoms with van der Waals surface area (Å²) >= 11 is 4.41. The Hall–Kier alpha value is -1.83. The fourth-order valence-electron chi connectivity index (χ4n) is 3.13. The topological polar surface area (TPSA) is 72.7 Å². The van der Waals surface area contributed by atoms with Crippen LogP contribution in [0, 0.1) is 11.6 Å². The Morgan fingerprint density at radius 1 is 0.862 bits per heavy atom. The fraction of sp³-hybridized carbons (Fsp3) is 0.455. The summed E-state index contributed by atoms with van der Waals surface area (Å²) in [6.07, 6.45) is 3.57. The number of rotatable bonds is 12. The van der Waals surface area contributed by atoms with Gasteiger partial charge in [-0.05, 0) is 86.2 Å². The molecule has 0 aliphatic rings. The van der Waals surface area contributed by atoms with E-state index < -0.39 is 11.9 Å². The summed E-state index contributed by atoms with van der Waals surface area (Å²) in [6.45, 7) is 1.13. The largest absolute Gasteiger partial charge is 0.508 e. The van der Waals surface area contributed by atoms with Crippen LogP contribution < -0.4 is 5.32 Å². The van der Waals surface area contributed by atoms with E-state index in [0.29, 0.717) is 36.9 Å². The third-order valence-electron chi connectivity index (χ3n) is 4.89. The van der Waals surface area contributed by atoms with E-state index >= 15 is 0 Å². The van der Waals surface area contributed by atoms with Crippen LogP contribution in [-0.4, -0.2) is 39.8 Å². The molecule has 0 radical (unpaired) electrons. The Labute approximate surface area is 176 Å². The van der Waals surface area contributed by atoms with Crippen molar-refractivity contribution in [1.82, 2.24) is 5.32 Å². The van der Waals surface area contributed by atoms with Crippen LogP contribution in [0.15, 0.2) is 36.4 Å². The van der Waals surface area contributed by atoms with Gasteiger partial charge in [0.25, 0.3) is 0 Å². The van der Waals surface area contributed by atoms with Crippen molar-refractivity contribution in [3.05, 3.63) is 59.2 Å². The normalized spacial score (nSPS) is 13.4. The van der Waals surface area contributed by atoms with E-state index in [9.17, 15) is 24.1 Å². The smallest absolute Gasteiger partial charge is 0.123 e. The third-order valence-corrected chi connectivity index (χ3v) is 5.49. The Kier molecular flexibility index (Phi) is 9.70. The fourth-order valence-corrected chi connectivity index (χ4v) is 3.37. The molecular weight excluding hydrogens is 396 g/mol. The van der Waals surface area contributed by atoms with Gasteiger partial charge in [-0.15, -0.1) is 0 Å². The van der Waals surface area contributed by atoms with E-state index in [1.54, 1.807) is 0 Å². The summed E-state index contributed by atoms with van der Waals surface area (Å²) in [5.41, 5.74) is 1.13. The van der Waals surface area contributed by atoms with Gasteiger partial charge in [-0.2, -0.15) is 12.6 Å². The highest BCUT2D eigenvalue weighted by molar-refractivity contribution is 7.81. The number of aliphatic hydroxyl groups excluding tert-OH is 1. The van der Waals surface area contributed by atoms with Crippen LogP contribution in [-0.2, 0) is 12.8 Å². The van der Waals surface area contributed by atoms with E-state index in [4.69, 9.17) is 0 Å². The first kappa shape index (κ1) is 23.4. The lowest BCUT2D eigenvalue weighted by atomic mass is 10.0. The van der Waals surface area contributed by atoms with E-state index in [1.165, 1.54) is 36.4 Å². The highest BCUT2D eigenvalue weighted by Crippen LogP contribution is 2.22. The first-order valence-electron chi connectivity index (χ1n) is 9.88. The second-order valence-corrected chi connectivity index (χ2v) is 7.90. The third kappa shape index (κ3) is 8.20. The second kappa shape index (κ2) is 12.0. The number of benzene rings is 2. The SMILES string of the molecule is Oc1ccc(F)cc1CCCCCNC[C@H](O)C(S)CCc1cc(F)ccc1O. The minimum atomic E-state index is -0.654. The number of aryl methyl sites for hydroxylation is 2. The zero-order valence-corrected chi connectivity index (χ0v) is 17.2. The van der Waals surface area contributed by atoms with Gasteiger partial charge in [0.1, 0.15) is 23.1 Å².